The Morgan fingerprint density at radius 2 is 2.17 bits per heavy atom. The van der Waals surface area contributed by atoms with Crippen molar-refractivity contribution >= 4 is 21.9 Å². The molecule has 1 aliphatic heterocycles. The molecule has 1 aromatic rings. The molecule has 1 heterocycles. The number of ether oxygens (including phenoxy) is 2. The molecule has 5 nitrogen and oxygen atoms in total. The topological polar surface area (TPSA) is 59.0 Å². The number of carboxylic acid groups (broad SMARTS) is 1. The zero-order valence-electron chi connectivity index (χ0n) is 13.7. The Morgan fingerprint density at radius 3 is 2.78 bits per heavy atom. The minimum Gasteiger partial charge on any atom is -0.490 e. The molecule has 1 atom stereocenters. The molecule has 0 saturated carbocycles. The Labute approximate surface area is 145 Å². The van der Waals surface area contributed by atoms with Crippen molar-refractivity contribution in [2.75, 3.05) is 26.3 Å². The molecule has 0 amide bonds. The number of hydrogen-bond acceptors (Lipinski definition) is 4. The van der Waals surface area contributed by atoms with Gasteiger partial charge in [-0.15, -0.1) is 0 Å². The maximum Gasteiger partial charge on any atom is 0.307 e. The summed E-state index contributed by atoms with van der Waals surface area (Å²) in [6, 6.07) is 4.02. The molecular weight excluding hydrogens is 362 g/mol. The summed E-state index contributed by atoms with van der Waals surface area (Å²) < 4.78 is 12.4. The van der Waals surface area contributed by atoms with Gasteiger partial charge in [0.1, 0.15) is 0 Å². The van der Waals surface area contributed by atoms with Gasteiger partial charge in [0.25, 0.3) is 0 Å². The van der Waals surface area contributed by atoms with Crippen LogP contribution in [0.1, 0.15) is 32.3 Å². The average molecular weight is 386 g/mol. The van der Waals surface area contributed by atoms with Crippen molar-refractivity contribution in [3.63, 3.8) is 0 Å². The second kappa shape index (κ2) is 8.55. The number of aliphatic carboxylic acids is 1. The van der Waals surface area contributed by atoms with E-state index in [1.54, 1.807) is 0 Å². The highest BCUT2D eigenvalue weighted by Gasteiger charge is 2.28. The van der Waals surface area contributed by atoms with E-state index >= 15 is 0 Å². The lowest BCUT2D eigenvalue weighted by Gasteiger charge is -2.19. The number of halogens is 1. The van der Waals surface area contributed by atoms with Crippen molar-refractivity contribution in [3.05, 3.63) is 22.2 Å². The van der Waals surface area contributed by atoms with Gasteiger partial charge in [-0.1, -0.05) is 6.92 Å². The minimum atomic E-state index is -0.702. The first-order chi connectivity index (χ1) is 11.0. The molecule has 0 aliphatic carbocycles. The van der Waals surface area contributed by atoms with E-state index in [1.165, 1.54) is 0 Å². The predicted octanol–water partition coefficient (Wildman–Crippen LogP) is 3.54. The third-order valence-electron chi connectivity index (χ3n) is 3.85. The van der Waals surface area contributed by atoms with Crippen molar-refractivity contribution in [1.29, 1.82) is 0 Å². The molecule has 6 heteroatoms. The molecule has 0 radical (unpaired) electrons. The van der Waals surface area contributed by atoms with Crippen LogP contribution in [0, 0.1) is 5.92 Å². The normalized spacial score (nSPS) is 18.1. The molecule has 1 fully saturated rings. The Hall–Kier alpha value is -1.27. The molecule has 0 spiro atoms. The van der Waals surface area contributed by atoms with Crippen LogP contribution in [0.25, 0.3) is 0 Å². The summed E-state index contributed by atoms with van der Waals surface area (Å²) in [5.74, 6) is 0.519. The number of nitrogens with zero attached hydrogens (tertiary/aromatic N) is 1. The molecule has 1 aliphatic rings. The van der Waals surface area contributed by atoms with E-state index in [2.05, 4.69) is 27.8 Å². The SMILES string of the molecule is CCCOc1c(Br)cc(CN2CCC(C(=O)O)C2)cc1OCC. The highest BCUT2D eigenvalue weighted by molar-refractivity contribution is 9.10. The van der Waals surface area contributed by atoms with Crippen molar-refractivity contribution < 1.29 is 19.4 Å². The van der Waals surface area contributed by atoms with Crippen LogP contribution < -0.4 is 9.47 Å². The van der Waals surface area contributed by atoms with Gasteiger partial charge in [-0.25, -0.2) is 0 Å². The van der Waals surface area contributed by atoms with Crippen LogP contribution in [0.2, 0.25) is 0 Å². The number of carbonyl (C=O) groups is 1. The number of benzene rings is 1. The van der Waals surface area contributed by atoms with Crippen LogP contribution in [-0.4, -0.2) is 42.3 Å². The fraction of sp³-hybridized carbons (Fsp3) is 0.588. The van der Waals surface area contributed by atoms with E-state index in [1.807, 2.05) is 19.1 Å². The molecular formula is C17H24BrNO4. The largest absolute Gasteiger partial charge is 0.490 e. The van der Waals surface area contributed by atoms with Gasteiger partial charge in [0.15, 0.2) is 11.5 Å². The summed E-state index contributed by atoms with van der Waals surface area (Å²) in [6.07, 6.45) is 1.65. The van der Waals surface area contributed by atoms with Gasteiger partial charge in [0.2, 0.25) is 0 Å². The summed E-state index contributed by atoms with van der Waals surface area (Å²) in [7, 11) is 0. The second-order valence-corrected chi connectivity index (χ2v) is 6.60. The molecule has 2 rings (SSSR count). The maximum atomic E-state index is 11.1. The Morgan fingerprint density at radius 1 is 1.39 bits per heavy atom. The van der Waals surface area contributed by atoms with Crippen molar-refractivity contribution in [3.8, 4) is 11.5 Å². The molecule has 1 saturated heterocycles. The second-order valence-electron chi connectivity index (χ2n) is 5.75. The van der Waals surface area contributed by atoms with E-state index in [0.717, 1.165) is 41.0 Å². The van der Waals surface area contributed by atoms with Crippen LogP contribution in [0.4, 0.5) is 0 Å². The lowest BCUT2D eigenvalue weighted by atomic mass is 10.1. The van der Waals surface area contributed by atoms with Crippen LogP contribution in [-0.2, 0) is 11.3 Å². The molecule has 1 unspecified atom stereocenters. The van der Waals surface area contributed by atoms with Gasteiger partial charge in [-0.05, 0) is 59.9 Å². The van der Waals surface area contributed by atoms with E-state index in [0.29, 0.717) is 26.2 Å². The summed E-state index contributed by atoms with van der Waals surface area (Å²) in [6.45, 7) is 7.36. The lowest BCUT2D eigenvalue weighted by Crippen LogP contribution is -2.22. The molecule has 0 bridgehead atoms. The van der Waals surface area contributed by atoms with Crippen LogP contribution in [0.15, 0.2) is 16.6 Å². The first-order valence-corrected chi connectivity index (χ1v) is 8.87. The molecule has 128 valence electrons. The summed E-state index contributed by atoms with van der Waals surface area (Å²) >= 11 is 3.57. The monoisotopic (exact) mass is 385 g/mol. The minimum absolute atomic E-state index is 0.253. The lowest BCUT2D eigenvalue weighted by molar-refractivity contribution is -0.141. The molecule has 0 aromatic heterocycles. The first kappa shape index (κ1) is 18.1. The van der Waals surface area contributed by atoms with Crippen LogP contribution in [0.5, 0.6) is 11.5 Å². The highest BCUT2D eigenvalue weighted by atomic mass is 79.9. The van der Waals surface area contributed by atoms with Gasteiger partial charge in [0, 0.05) is 13.1 Å². The van der Waals surface area contributed by atoms with Crippen molar-refractivity contribution in [2.45, 2.75) is 33.2 Å². The fourth-order valence-corrected chi connectivity index (χ4v) is 3.36. The summed E-state index contributed by atoms with van der Waals surface area (Å²) in [5.41, 5.74) is 1.09. The van der Waals surface area contributed by atoms with Gasteiger partial charge in [0.05, 0.1) is 23.6 Å². The quantitative estimate of drug-likeness (QED) is 0.741. The van der Waals surface area contributed by atoms with Gasteiger partial charge in [-0.3, -0.25) is 9.69 Å². The van der Waals surface area contributed by atoms with Crippen molar-refractivity contribution in [1.82, 2.24) is 4.90 Å². The Balaban J connectivity index is 2.12. The van der Waals surface area contributed by atoms with Gasteiger partial charge >= 0.3 is 5.97 Å². The molecule has 23 heavy (non-hydrogen) atoms. The fourth-order valence-electron chi connectivity index (χ4n) is 2.76. The third kappa shape index (κ3) is 4.85. The standard InChI is InChI=1S/C17H24BrNO4/c1-3-7-23-16-14(18)8-12(9-15(16)22-4-2)10-19-6-5-13(11-19)17(20)21/h8-9,13H,3-7,10-11H2,1-2H3,(H,20,21). The van der Waals surface area contributed by atoms with E-state index in [4.69, 9.17) is 14.6 Å². The zero-order valence-corrected chi connectivity index (χ0v) is 15.3. The van der Waals surface area contributed by atoms with E-state index < -0.39 is 5.97 Å². The van der Waals surface area contributed by atoms with Gasteiger partial charge < -0.3 is 14.6 Å². The summed E-state index contributed by atoms with van der Waals surface area (Å²) in [4.78, 5) is 13.2. The van der Waals surface area contributed by atoms with Crippen LogP contribution >= 0.6 is 15.9 Å². The number of carboxylic acids is 1. The highest BCUT2D eigenvalue weighted by Crippen LogP contribution is 2.37. The van der Waals surface area contributed by atoms with E-state index in [9.17, 15) is 4.79 Å². The first-order valence-electron chi connectivity index (χ1n) is 8.08. The zero-order chi connectivity index (χ0) is 16.8. The Bertz CT molecular complexity index is 550. The number of likely N-dealkylation sites (tertiary alicyclic amines) is 1. The maximum absolute atomic E-state index is 11.1. The predicted molar refractivity (Wildman–Crippen MR) is 92.1 cm³/mol. The van der Waals surface area contributed by atoms with Gasteiger partial charge in [-0.2, -0.15) is 0 Å². The van der Waals surface area contributed by atoms with Crippen LogP contribution in [0.3, 0.4) is 0 Å². The summed E-state index contributed by atoms with van der Waals surface area (Å²) in [5, 5.41) is 9.10. The Kier molecular flexibility index (Phi) is 6.72. The molecule has 1 aromatic carbocycles. The average Bonchev–Trinajstić information content (AvgIpc) is 2.95. The molecule has 1 N–H and O–H groups in total. The van der Waals surface area contributed by atoms with E-state index in [-0.39, 0.29) is 5.92 Å². The third-order valence-corrected chi connectivity index (χ3v) is 4.44. The smallest absolute Gasteiger partial charge is 0.307 e. The van der Waals surface area contributed by atoms with Crippen molar-refractivity contribution in [2.24, 2.45) is 5.92 Å². The number of rotatable bonds is 8. The number of hydrogen-bond donors (Lipinski definition) is 1.